The second-order valence-electron chi connectivity index (χ2n) is 6.97. The maximum absolute atomic E-state index is 12.2. The summed E-state index contributed by atoms with van der Waals surface area (Å²) in [6.45, 7) is 2.35. The van der Waals surface area contributed by atoms with Crippen LogP contribution in [0, 0.1) is 0 Å². The van der Waals surface area contributed by atoms with Gasteiger partial charge >= 0.3 is 6.03 Å². The number of amides is 2. The molecule has 2 aromatic rings. The van der Waals surface area contributed by atoms with Crippen molar-refractivity contribution >= 4 is 17.4 Å². The third-order valence-electron chi connectivity index (χ3n) is 5.17. The maximum atomic E-state index is 12.2. The SMILES string of the molecule is COc1ccc(CNC(=O)Nc2ccc(N3CCC(OC)CC3)cc2)cc1OC. The highest BCUT2D eigenvalue weighted by Gasteiger charge is 2.18. The van der Waals surface area contributed by atoms with Gasteiger partial charge in [0, 0.05) is 38.1 Å². The van der Waals surface area contributed by atoms with Crippen LogP contribution >= 0.6 is 0 Å². The van der Waals surface area contributed by atoms with Crippen LogP contribution in [0.4, 0.5) is 16.2 Å². The number of carbonyl (C=O) groups excluding carboxylic acids is 1. The summed E-state index contributed by atoms with van der Waals surface area (Å²) in [5.41, 5.74) is 2.84. The van der Waals surface area contributed by atoms with Gasteiger partial charge in [-0.15, -0.1) is 0 Å². The molecular weight excluding hydrogens is 370 g/mol. The molecule has 1 heterocycles. The smallest absolute Gasteiger partial charge is 0.319 e. The first-order chi connectivity index (χ1) is 14.1. The Morgan fingerprint density at radius 2 is 1.69 bits per heavy atom. The van der Waals surface area contributed by atoms with Gasteiger partial charge < -0.3 is 29.7 Å². The predicted octanol–water partition coefficient (Wildman–Crippen LogP) is 3.64. The molecule has 3 rings (SSSR count). The Labute approximate surface area is 171 Å². The molecule has 1 saturated heterocycles. The summed E-state index contributed by atoms with van der Waals surface area (Å²) in [4.78, 5) is 14.6. The summed E-state index contributed by atoms with van der Waals surface area (Å²) < 4.78 is 15.9. The lowest BCUT2D eigenvalue weighted by molar-refractivity contribution is 0.0819. The first-order valence-corrected chi connectivity index (χ1v) is 9.76. The molecule has 0 saturated carbocycles. The van der Waals surface area contributed by atoms with E-state index in [9.17, 15) is 4.79 Å². The van der Waals surface area contributed by atoms with Gasteiger partial charge in [-0.2, -0.15) is 0 Å². The molecule has 0 radical (unpaired) electrons. The van der Waals surface area contributed by atoms with E-state index < -0.39 is 0 Å². The average molecular weight is 399 g/mol. The van der Waals surface area contributed by atoms with Crippen LogP contribution in [0.1, 0.15) is 18.4 Å². The molecule has 0 atom stereocenters. The molecule has 2 N–H and O–H groups in total. The quantitative estimate of drug-likeness (QED) is 0.744. The molecule has 0 spiro atoms. The van der Waals surface area contributed by atoms with Crippen LogP contribution in [-0.4, -0.2) is 46.6 Å². The molecule has 1 aliphatic rings. The van der Waals surface area contributed by atoms with Crippen molar-refractivity contribution in [2.75, 3.05) is 44.6 Å². The van der Waals surface area contributed by atoms with Gasteiger partial charge in [-0.1, -0.05) is 6.07 Å². The molecule has 156 valence electrons. The van der Waals surface area contributed by atoms with Crippen molar-refractivity contribution in [1.29, 1.82) is 0 Å². The largest absolute Gasteiger partial charge is 0.493 e. The molecule has 29 heavy (non-hydrogen) atoms. The number of urea groups is 1. The van der Waals surface area contributed by atoms with Crippen molar-refractivity contribution in [3.05, 3.63) is 48.0 Å². The lowest BCUT2D eigenvalue weighted by Crippen LogP contribution is -2.36. The first-order valence-electron chi connectivity index (χ1n) is 9.76. The molecule has 1 fully saturated rings. The fourth-order valence-corrected chi connectivity index (χ4v) is 3.45. The molecule has 0 aromatic heterocycles. The fourth-order valence-electron chi connectivity index (χ4n) is 3.45. The standard InChI is InChI=1S/C22H29N3O4/c1-27-19-10-12-25(13-11-19)18-7-5-17(6-8-18)24-22(26)23-15-16-4-9-20(28-2)21(14-16)29-3/h4-9,14,19H,10-13,15H2,1-3H3,(H2,23,24,26). The molecule has 2 aromatic carbocycles. The highest BCUT2D eigenvalue weighted by molar-refractivity contribution is 5.89. The second kappa shape index (κ2) is 10.0. The molecular formula is C22H29N3O4. The second-order valence-corrected chi connectivity index (χ2v) is 6.97. The Balaban J connectivity index is 1.49. The van der Waals surface area contributed by atoms with Crippen LogP contribution in [0.2, 0.25) is 0 Å². The van der Waals surface area contributed by atoms with Gasteiger partial charge in [-0.05, 0) is 54.8 Å². The van der Waals surface area contributed by atoms with Gasteiger partial charge in [-0.25, -0.2) is 4.79 Å². The Hall–Kier alpha value is -2.93. The summed E-state index contributed by atoms with van der Waals surface area (Å²) in [7, 11) is 4.96. The number of methoxy groups -OCH3 is 3. The normalized spacial score (nSPS) is 14.4. The number of hydrogen-bond acceptors (Lipinski definition) is 5. The van der Waals surface area contributed by atoms with Crippen LogP contribution in [0.5, 0.6) is 11.5 Å². The highest BCUT2D eigenvalue weighted by atomic mass is 16.5. The van der Waals surface area contributed by atoms with Crippen molar-refractivity contribution in [3.8, 4) is 11.5 Å². The molecule has 7 nitrogen and oxygen atoms in total. The lowest BCUT2D eigenvalue weighted by atomic mass is 10.1. The predicted molar refractivity (Wildman–Crippen MR) is 114 cm³/mol. The van der Waals surface area contributed by atoms with Crippen molar-refractivity contribution in [2.24, 2.45) is 0 Å². The first kappa shape index (κ1) is 20.8. The maximum Gasteiger partial charge on any atom is 0.319 e. The van der Waals surface area contributed by atoms with Crippen LogP contribution in [0.15, 0.2) is 42.5 Å². The molecule has 2 amide bonds. The molecule has 7 heteroatoms. The summed E-state index contributed by atoms with van der Waals surface area (Å²) in [6.07, 6.45) is 2.44. The van der Waals surface area contributed by atoms with Crippen LogP contribution in [-0.2, 0) is 11.3 Å². The zero-order valence-corrected chi connectivity index (χ0v) is 17.2. The molecule has 1 aliphatic heterocycles. The highest BCUT2D eigenvalue weighted by Crippen LogP contribution is 2.27. The molecule has 0 unspecified atom stereocenters. The number of rotatable bonds is 7. The van der Waals surface area contributed by atoms with E-state index in [4.69, 9.17) is 14.2 Å². The summed E-state index contributed by atoms with van der Waals surface area (Å²) in [5.74, 6) is 1.30. The van der Waals surface area contributed by atoms with E-state index >= 15 is 0 Å². The topological polar surface area (TPSA) is 72.1 Å². The van der Waals surface area contributed by atoms with E-state index in [1.54, 1.807) is 21.3 Å². The third kappa shape index (κ3) is 5.54. The summed E-state index contributed by atoms with van der Waals surface area (Å²) in [6, 6.07) is 13.2. The number of carbonyl (C=O) groups is 1. The Bertz CT molecular complexity index is 802. The van der Waals surface area contributed by atoms with Gasteiger partial charge in [0.25, 0.3) is 0 Å². The van der Waals surface area contributed by atoms with Gasteiger partial charge in [0.1, 0.15) is 0 Å². The van der Waals surface area contributed by atoms with Crippen LogP contribution in [0.3, 0.4) is 0 Å². The minimum Gasteiger partial charge on any atom is -0.493 e. The van der Waals surface area contributed by atoms with E-state index in [0.29, 0.717) is 24.1 Å². The Kier molecular flexibility index (Phi) is 7.19. The van der Waals surface area contributed by atoms with E-state index in [2.05, 4.69) is 15.5 Å². The number of ether oxygens (including phenoxy) is 3. The van der Waals surface area contributed by atoms with Crippen molar-refractivity contribution in [3.63, 3.8) is 0 Å². The third-order valence-corrected chi connectivity index (χ3v) is 5.17. The number of anilines is 2. The number of nitrogens with zero attached hydrogens (tertiary/aromatic N) is 1. The van der Waals surface area contributed by atoms with Gasteiger partial charge in [0.2, 0.25) is 0 Å². The zero-order valence-electron chi connectivity index (χ0n) is 17.2. The van der Waals surface area contributed by atoms with Crippen LogP contribution < -0.4 is 25.0 Å². The van der Waals surface area contributed by atoms with Crippen molar-refractivity contribution in [1.82, 2.24) is 5.32 Å². The average Bonchev–Trinajstić information content (AvgIpc) is 2.78. The fraction of sp³-hybridized carbons (Fsp3) is 0.409. The van der Waals surface area contributed by atoms with E-state index in [1.165, 1.54) is 0 Å². The summed E-state index contributed by atoms with van der Waals surface area (Å²) in [5, 5.41) is 5.72. The number of hydrogen-bond donors (Lipinski definition) is 2. The van der Waals surface area contributed by atoms with Gasteiger partial charge in [0.05, 0.1) is 20.3 Å². The van der Waals surface area contributed by atoms with Crippen molar-refractivity contribution < 1.29 is 19.0 Å². The molecule has 0 bridgehead atoms. The number of benzene rings is 2. The lowest BCUT2D eigenvalue weighted by Gasteiger charge is -2.33. The molecule has 0 aliphatic carbocycles. The monoisotopic (exact) mass is 399 g/mol. The van der Waals surface area contributed by atoms with Crippen LogP contribution in [0.25, 0.3) is 0 Å². The van der Waals surface area contributed by atoms with E-state index in [0.717, 1.165) is 42.9 Å². The van der Waals surface area contributed by atoms with Gasteiger partial charge in [-0.3, -0.25) is 0 Å². The van der Waals surface area contributed by atoms with Gasteiger partial charge in [0.15, 0.2) is 11.5 Å². The van der Waals surface area contributed by atoms with E-state index in [-0.39, 0.29) is 6.03 Å². The Morgan fingerprint density at radius 1 is 1.00 bits per heavy atom. The minimum absolute atomic E-state index is 0.256. The van der Waals surface area contributed by atoms with Crippen molar-refractivity contribution in [2.45, 2.75) is 25.5 Å². The summed E-state index contributed by atoms with van der Waals surface area (Å²) >= 11 is 0. The van der Waals surface area contributed by atoms with E-state index in [1.807, 2.05) is 42.5 Å². The number of nitrogens with one attached hydrogen (secondary N) is 2. The Morgan fingerprint density at radius 3 is 2.31 bits per heavy atom. The zero-order chi connectivity index (χ0) is 20.6. The number of piperidine rings is 1. The minimum atomic E-state index is -0.256.